The molecule has 1 aliphatic rings. The van der Waals surface area contributed by atoms with Gasteiger partial charge in [-0.25, -0.2) is 4.39 Å². The summed E-state index contributed by atoms with van der Waals surface area (Å²) in [7, 11) is 0. The highest BCUT2D eigenvalue weighted by molar-refractivity contribution is 4.74. The Bertz CT molecular complexity index is 115. The molecule has 1 atom stereocenters. The first kappa shape index (κ1) is 12.9. The maximum absolute atomic E-state index is 12.7. The maximum Gasteiger partial charge on any atom is 0.114 e. The van der Waals surface area contributed by atoms with Gasteiger partial charge in [-0.05, 0) is 25.3 Å². The molecule has 0 spiro atoms. The van der Waals surface area contributed by atoms with E-state index in [-0.39, 0.29) is 0 Å². The van der Waals surface area contributed by atoms with Crippen LogP contribution in [0.2, 0.25) is 0 Å². The summed E-state index contributed by atoms with van der Waals surface area (Å²) < 4.78 is 12.7. The van der Waals surface area contributed by atoms with Crippen molar-refractivity contribution in [2.75, 3.05) is 19.6 Å². The Balaban J connectivity index is 0.000000671. The normalized spacial score (nSPS) is 23.1. The minimum atomic E-state index is -0.554. The van der Waals surface area contributed by atoms with Gasteiger partial charge in [0.2, 0.25) is 0 Å². The summed E-state index contributed by atoms with van der Waals surface area (Å²) in [4.78, 5) is 2.23. The first-order chi connectivity index (χ1) is 6.18. The Morgan fingerprint density at radius 3 is 2.38 bits per heavy atom. The molecular weight excluding hydrogens is 165 g/mol. The first-order valence-electron chi connectivity index (χ1n) is 5.55. The molecule has 1 aliphatic heterocycles. The van der Waals surface area contributed by atoms with E-state index in [2.05, 4.69) is 18.7 Å². The van der Waals surface area contributed by atoms with Crippen LogP contribution in [0, 0.1) is 5.92 Å². The molecule has 1 unspecified atom stereocenters. The molecule has 0 N–H and O–H groups in total. The largest absolute Gasteiger partial charge is 0.300 e. The highest BCUT2D eigenvalue weighted by Gasteiger charge is 2.20. The van der Waals surface area contributed by atoms with Crippen LogP contribution in [0.5, 0.6) is 0 Å². The molecule has 1 heterocycles. The van der Waals surface area contributed by atoms with Crippen LogP contribution < -0.4 is 0 Å². The van der Waals surface area contributed by atoms with E-state index in [0.29, 0.717) is 6.54 Å². The number of hydrogen-bond acceptors (Lipinski definition) is 1. The van der Waals surface area contributed by atoms with Gasteiger partial charge in [-0.3, -0.25) is 0 Å². The molecular formula is C11H24FN. The lowest BCUT2D eigenvalue weighted by Gasteiger charge is -2.15. The van der Waals surface area contributed by atoms with Crippen LogP contribution in [0.4, 0.5) is 4.39 Å². The summed E-state index contributed by atoms with van der Waals surface area (Å²) in [5.41, 5.74) is 0. The van der Waals surface area contributed by atoms with Crippen LogP contribution in [0.3, 0.4) is 0 Å². The van der Waals surface area contributed by atoms with Crippen molar-refractivity contribution < 1.29 is 4.39 Å². The number of alkyl halides is 1. The zero-order chi connectivity index (χ0) is 10.3. The predicted molar refractivity (Wildman–Crippen MR) is 56.8 cm³/mol. The number of rotatable bonds is 3. The summed E-state index contributed by atoms with van der Waals surface area (Å²) in [6.45, 7) is 11.1. The highest BCUT2D eigenvalue weighted by Crippen LogP contribution is 2.13. The predicted octanol–water partition coefficient (Wildman–Crippen LogP) is 3.10. The van der Waals surface area contributed by atoms with Crippen molar-refractivity contribution >= 4 is 0 Å². The van der Waals surface area contributed by atoms with Crippen molar-refractivity contribution in [3.05, 3.63) is 0 Å². The minimum absolute atomic E-state index is 0.554. The SMILES string of the molecule is CC.CC(C)CCN1CCC(F)C1. The van der Waals surface area contributed by atoms with E-state index in [0.717, 1.165) is 25.4 Å². The number of hydrogen-bond donors (Lipinski definition) is 0. The van der Waals surface area contributed by atoms with E-state index in [1.165, 1.54) is 6.42 Å². The lowest BCUT2D eigenvalue weighted by molar-refractivity contribution is 0.275. The molecule has 1 saturated heterocycles. The molecule has 0 bridgehead atoms. The van der Waals surface area contributed by atoms with Crippen LogP contribution >= 0.6 is 0 Å². The summed E-state index contributed by atoms with van der Waals surface area (Å²) in [6, 6.07) is 0. The van der Waals surface area contributed by atoms with Gasteiger partial charge >= 0.3 is 0 Å². The van der Waals surface area contributed by atoms with Gasteiger partial charge in [0.15, 0.2) is 0 Å². The molecule has 1 rings (SSSR count). The number of likely N-dealkylation sites (tertiary alicyclic amines) is 1. The van der Waals surface area contributed by atoms with Crippen LogP contribution in [0.25, 0.3) is 0 Å². The van der Waals surface area contributed by atoms with E-state index in [9.17, 15) is 4.39 Å². The third-order valence-corrected chi connectivity index (χ3v) is 2.24. The van der Waals surface area contributed by atoms with Crippen molar-refractivity contribution in [3.63, 3.8) is 0 Å². The van der Waals surface area contributed by atoms with E-state index < -0.39 is 6.17 Å². The van der Waals surface area contributed by atoms with Crippen LogP contribution in [0.1, 0.15) is 40.5 Å². The lowest BCUT2D eigenvalue weighted by atomic mass is 10.1. The third-order valence-electron chi connectivity index (χ3n) is 2.24. The van der Waals surface area contributed by atoms with Gasteiger partial charge in [0, 0.05) is 13.1 Å². The highest BCUT2D eigenvalue weighted by atomic mass is 19.1. The Hall–Kier alpha value is -0.110. The maximum atomic E-state index is 12.7. The van der Waals surface area contributed by atoms with E-state index >= 15 is 0 Å². The topological polar surface area (TPSA) is 3.24 Å². The summed E-state index contributed by atoms with van der Waals surface area (Å²) >= 11 is 0. The average Bonchev–Trinajstić information content (AvgIpc) is 2.52. The second-order valence-corrected chi connectivity index (χ2v) is 3.87. The minimum Gasteiger partial charge on any atom is -0.300 e. The average molecular weight is 189 g/mol. The molecule has 0 aromatic heterocycles. The quantitative estimate of drug-likeness (QED) is 0.659. The van der Waals surface area contributed by atoms with Gasteiger partial charge in [-0.2, -0.15) is 0 Å². The van der Waals surface area contributed by atoms with Crippen LogP contribution in [0.15, 0.2) is 0 Å². The van der Waals surface area contributed by atoms with E-state index in [1.807, 2.05) is 13.8 Å². The van der Waals surface area contributed by atoms with Gasteiger partial charge < -0.3 is 4.90 Å². The summed E-state index contributed by atoms with van der Waals surface area (Å²) in [6.07, 6.45) is 1.40. The zero-order valence-electron chi connectivity index (χ0n) is 9.52. The van der Waals surface area contributed by atoms with Gasteiger partial charge in [-0.15, -0.1) is 0 Å². The Morgan fingerprint density at radius 2 is 2.00 bits per heavy atom. The summed E-state index contributed by atoms with van der Waals surface area (Å²) in [5.74, 6) is 0.744. The monoisotopic (exact) mass is 189 g/mol. The lowest BCUT2D eigenvalue weighted by Crippen LogP contribution is -2.23. The summed E-state index contributed by atoms with van der Waals surface area (Å²) in [5, 5.41) is 0. The number of halogens is 1. The van der Waals surface area contributed by atoms with Crippen molar-refractivity contribution in [1.82, 2.24) is 4.90 Å². The fourth-order valence-corrected chi connectivity index (χ4v) is 1.43. The third kappa shape index (κ3) is 6.03. The number of nitrogens with zero attached hydrogens (tertiary/aromatic N) is 1. The first-order valence-corrected chi connectivity index (χ1v) is 5.55. The second kappa shape index (κ2) is 7.31. The molecule has 0 radical (unpaired) electrons. The Labute approximate surface area is 82.3 Å². The smallest absolute Gasteiger partial charge is 0.114 e. The van der Waals surface area contributed by atoms with Gasteiger partial charge in [0.05, 0.1) is 0 Å². The fourth-order valence-electron chi connectivity index (χ4n) is 1.43. The molecule has 0 aliphatic carbocycles. The standard InChI is InChI=1S/C9H18FN.C2H6/c1-8(2)3-5-11-6-4-9(10)7-11;1-2/h8-9H,3-7H2,1-2H3;1-2H3. The molecule has 1 fully saturated rings. The molecule has 0 aromatic rings. The van der Waals surface area contributed by atoms with Crippen molar-refractivity contribution in [1.29, 1.82) is 0 Å². The Kier molecular flexibility index (Phi) is 7.25. The van der Waals surface area contributed by atoms with Crippen molar-refractivity contribution in [3.8, 4) is 0 Å². The Morgan fingerprint density at radius 1 is 1.38 bits per heavy atom. The molecule has 80 valence electrons. The second-order valence-electron chi connectivity index (χ2n) is 3.87. The molecule has 0 aromatic carbocycles. The molecule has 1 nitrogen and oxygen atoms in total. The molecule has 0 amide bonds. The molecule has 0 saturated carbocycles. The van der Waals surface area contributed by atoms with Gasteiger partial charge in [0.1, 0.15) is 6.17 Å². The van der Waals surface area contributed by atoms with E-state index in [1.54, 1.807) is 0 Å². The molecule has 2 heteroatoms. The van der Waals surface area contributed by atoms with Crippen LogP contribution in [-0.4, -0.2) is 30.7 Å². The van der Waals surface area contributed by atoms with Crippen molar-refractivity contribution in [2.45, 2.75) is 46.7 Å². The van der Waals surface area contributed by atoms with Gasteiger partial charge in [0.25, 0.3) is 0 Å². The van der Waals surface area contributed by atoms with Crippen LogP contribution in [-0.2, 0) is 0 Å². The fraction of sp³-hybridized carbons (Fsp3) is 1.00. The van der Waals surface area contributed by atoms with E-state index in [4.69, 9.17) is 0 Å². The van der Waals surface area contributed by atoms with Crippen molar-refractivity contribution in [2.24, 2.45) is 5.92 Å². The zero-order valence-corrected chi connectivity index (χ0v) is 9.52. The molecule has 13 heavy (non-hydrogen) atoms. The van der Waals surface area contributed by atoms with Gasteiger partial charge in [-0.1, -0.05) is 27.7 Å².